The summed E-state index contributed by atoms with van der Waals surface area (Å²) in [6, 6.07) is 23.9. The largest absolute Gasteiger partial charge is 0.344 e. The summed E-state index contributed by atoms with van der Waals surface area (Å²) in [7, 11) is 0. The Labute approximate surface area is 249 Å². The number of halogens is 1. The van der Waals surface area contributed by atoms with Gasteiger partial charge in [-0.2, -0.15) is 29.8 Å². The van der Waals surface area contributed by atoms with E-state index in [-0.39, 0.29) is 0 Å². The van der Waals surface area contributed by atoms with Crippen molar-refractivity contribution in [2.24, 2.45) is 0 Å². The minimum atomic E-state index is 0.355. The smallest absolute Gasteiger partial charge is 0.209 e. The van der Waals surface area contributed by atoms with Crippen LogP contribution in [0.2, 0.25) is 5.02 Å². The average Bonchev–Trinajstić information content (AvgIpc) is 3.46. The molecule has 1 atom stereocenters. The summed E-state index contributed by atoms with van der Waals surface area (Å²) in [6.07, 6.45) is 9.79. The number of nitrogens with zero attached hydrogens (tertiary/aromatic N) is 2. The van der Waals surface area contributed by atoms with Crippen LogP contribution in [0.4, 0.5) is 11.4 Å². The maximum Gasteiger partial charge on any atom is 0.209 e. The van der Waals surface area contributed by atoms with Crippen molar-refractivity contribution in [1.82, 2.24) is 0 Å². The summed E-state index contributed by atoms with van der Waals surface area (Å²) >= 11 is 15.6. The summed E-state index contributed by atoms with van der Waals surface area (Å²) in [6.45, 7) is 6.36. The van der Waals surface area contributed by atoms with Crippen molar-refractivity contribution in [3.63, 3.8) is 0 Å². The fourth-order valence-corrected chi connectivity index (χ4v) is 6.03. The molecule has 202 valence electrons. The van der Waals surface area contributed by atoms with Gasteiger partial charge in [-0.1, -0.05) is 74.0 Å². The molecule has 5 heteroatoms. The van der Waals surface area contributed by atoms with Crippen molar-refractivity contribution in [2.45, 2.75) is 51.2 Å². The molecule has 3 aromatic rings. The summed E-state index contributed by atoms with van der Waals surface area (Å²) in [5.74, 6) is 0.871. The van der Waals surface area contributed by atoms with Crippen LogP contribution in [-0.4, -0.2) is 34.4 Å². The molecule has 0 fully saturated rings. The molecule has 2 aliphatic rings. The minimum Gasteiger partial charge on any atom is -0.344 e. The van der Waals surface area contributed by atoms with Gasteiger partial charge >= 0.3 is 0 Å². The van der Waals surface area contributed by atoms with Crippen molar-refractivity contribution in [2.75, 3.05) is 23.7 Å². The lowest BCUT2D eigenvalue weighted by Crippen LogP contribution is -2.21. The third-order valence-electron chi connectivity index (χ3n) is 7.68. The van der Waals surface area contributed by atoms with Crippen molar-refractivity contribution in [1.29, 1.82) is 0 Å². The topological polar surface area (TPSA) is 6.25 Å². The van der Waals surface area contributed by atoms with Crippen molar-refractivity contribution >= 4 is 53.9 Å². The Balaban J connectivity index is 1.52. The number of fused-ring (bicyclic) bond motifs is 2. The second-order valence-electron chi connectivity index (χ2n) is 10.6. The molecule has 39 heavy (non-hydrogen) atoms. The molecule has 2 nitrogen and oxygen atoms in total. The van der Waals surface area contributed by atoms with Gasteiger partial charge in [-0.05, 0) is 59.1 Å². The van der Waals surface area contributed by atoms with E-state index in [4.69, 9.17) is 24.2 Å². The number of thiol groups is 2. The Kier molecular flexibility index (Phi) is 9.27. The Hall–Kier alpha value is -2.40. The van der Waals surface area contributed by atoms with E-state index in [2.05, 4.69) is 109 Å². The van der Waals surface area contributed by atoms with Crippen LogP contribution in [0, 0.1) is 0 Å². The number of rotatable bonds is 10. The van der Waals surface area contributed by atoms with E-state index in [1.165, 1.54) is 50.6 Å². The first-order valence-electron chi connectivity index (χ1n) is 14.0. The van der Waals surface area contributed by atoms with Gasteiger partial charge in [0.05, 0.1) is 6.42 Å². The number of hydrogen-bond acceptors (Lipinski definition) is 3. The van der Waals surface area contributed by atoms with Gasteiger partial charge in [-0.25, -0.2) is 0 Å². The van der Waals surface area contributed by atoms with E-state index in [0.717, 1.165) is 56.0 Å². The SMILES string of the molecule is CCC(=C\C1=[N+](CCC(C)S)c2cc(-c3ccccc3)ccc2C1)/C=C1\Cc2ccc(Cl)cc2N1CCCS. The molecule has 0 amide bonds. The predicted octanol–water partition coefficient (Wildman–Crippen LogP) is 8.96. The molecule has 0 radical (unpaired) electrons. The van der Waals surface area contributed by atoms with Crippen LogP contribution in [-0.2, 0) is 12.8 Å². The summed E-state index contributed by atoms with van der Waals surface area (Å²) in [5, 5.41) is 1.15. The van der Waals surface area contributed by atoms with Crippen LogP contribution in [0.5, 0.6) is 0 Å². The Morgan fingerprint density at radius 1 is 1.03 bits per heavy atom. The molecular formula is C34H38ClN2S2+. The second-order valence-corrected chi connectivity index (χ2v) is 12.3. The van der Waals surface area contributed by atoms with E-state index in [9.17, 15) is 0 Å². The molecular weight excluding hydrogens is 536 g/mol. The Morgan fingerprint density at radius 2 is 1.82 bits per heavy atom. The average molecular weight is 574 g/mol. The molecule has 0 N–H and O–H groups in total. The first-order chi connectivity index (χ1) is 19.0. The molecule has 0 saturated heterocycles. The predicted molar refractivity (Wildman–Crippen MR) is 176 cm³/mol. The maximum atomic E-state index is 6.39. The van der Waals surface area contributed by atoms with Crippen LogP contribution in [0.15, 0.2) is 90.2 Å². The molecule has 3 aromatic carbocycles. The van der Waals surface area contributed by atoms with Gasteiger partial charge in [-0.15, -0.1) is 0 Å². The molecule has 0 spiro atoms. The van der Waals surface area contributed by atoms with Crippen LogP contribution >= 0.6 is 36.9 Å². The maximum absolute atomic E-state index is 6.39. The third kappa shape index (κ3) is 6.51. The Morgan fingerprint density at radius 3 is 2.56 bits per heavy atom. The standard InChI is InChI=1S/C34H37ClN2S2/c1-3-25(18-31-21-29-12-13-30(35)23-34(29)36(31)15-7-17-38)19-32-20-28-11-10-27(26-8-5-4-6-9-26)22-33(28)37(32)16-14-24(2)39/h4-6,8-13,18-19,22-24H,3,7,14-17,20-21H2,1-2H3,(H-,38,39)/p+1. The van der Waals surface area contributed by atoms with Crippen LogP contribution in [0.25, 0.3) is 11.1 Å². The van der Waals surface area contributed by atoms with Crippen molar-refractivity contribution in [3.05, 3.63) is 106 Å². The highest BCUT2D eigenvalue weighted by Gasteiger charge is 2.30. The lowest BCUT2D eigenvalue weighted by molar-refractivity contribution is -0.437. The van der Waals surface area contributed by atoms with Gasteiger partial charge in [0.2, 0.25) is 5.69 Å². The zero-order valence-corrected chi connectivity index (χ0v) is 25.5. The van der Waals surface area contributed by atoms with Crippen LogP contribution in [0.1, 0.15) is 44.2 Å². The summed E-state index contributed by atoms with van der Waals surface area (Å²) < 4.78 is 2.53. The van der Waals surface area contributed by atoms with Crippen LogP contribution in [0.3, 0.4) is 0 Å². The van der Waals surface area contributed by atoms with E-state index in [0.29, 0.717) is 5.25 Å². The monoisotopic (exact) mass is 573 g/mol. The van der Waals surface area contributed by atoms with Gasteiger partial charge in [0.1, 0.15) is 6.54 Å². The molecule has 0 saturated carbocycles. The van der Waals surface area contributed by atoms with E-state index in [1.54, 1.807) is 0 Å². The molecule has 2 heterocycles. The van der Waals surface area contributed by atoms with E-state index < -0.39 is 0 Å². The number of hydrogen-bond donors (Lipinski definition) is 2. The van der Waals surface area contributed by atoms with Gasteiger partial charge in [-0.3, -0.25) is 0 Å². The number of benzene rings is 3. The molecule has 1 unspecified atom stereocenters. The lowest BCUT2D eigenvalue weighted by atomic mass is 10.0. The van der Waals surface area contributed by atoms with Gasteiger partial charge in [0, 0.05) is 58.7 Å². The molecule has 0 aromatic heterocycles. The van der Waals surface area contributed by atoms with Crippen LogP contribution < -0.4 is 4.90 Å². The first-order valence-corrected chi connectivity index (χ1v) is 15.6. The molecule has 5 rings (SSSR count). The second kappa shape index (κ2) is 12.8. The summed E-state index contributed by atoms with van der Waals surface area (Å²) in [4.78, 5) is 2.45. The zero-order valence-electron chi connectivity index (χ0n) is 22.9. The van der Waals surface area contributed by atoms with Crippen molar-refractivity contribution < 1.29 is 4.58 Å². The van der Waals surface area contributed by atoms with E-state index >= 15 is 0 Å². The van der Waals surface area contributed by atoms with Gasteiger partial charge < -0.3 is 4.90 Å². The highest BCUT2D eigenvalue weighted by Crippen LogP contribution is 2.38. The number of allylic oxidation sites excluding steroid dienone is 4. The fourth-order valence-electron chi connectivity index (χ4n) is 5.61. The highest BCUT2D eigenvalue weighted by molar-refractivity contribution is 7.80. The normalized spacial score (nSPS) is 16.7. The van der Waals surface area contributed by atoms with Gasteiger partial charge in [0.15, 0.2) is 5.71 Å². The number of anilines is 1. The van der Waals surface area contributed by atoms with Crippen molar-refractivity contribution in [3.8, 4) is 11.1 Å². The fraction of sp³-hybridized carbons (Fsp3) is 0.324. The molecule has 0 aliphatic carbocycles. The zero-order chi connectivity index (χ0) is 27.4. The molecule has 2 aliphatic heterocycles. The molecule has 0 bridgehead atoms. The quantitative estimate of drug-likeness (QED) is 0.181. The lowest BCUT2D eigenvalue weighted by Gasteiger charge is -2.22. The van der Waals surface area contributed by atoms with Gasteiger partial charge in [0.25, 0.3) is 0 Å². The Bertz CT molecular complexity index is 1420. The minimum absolute atomic E-state index is 0.355. The third-order valence-corrected chi connectivity index (χ3v) is 8.49. The first kappa shape index (κ1) is 28.1. The van der Waals surface area contributed by atoms with E-state index in [1.807, 2.05) is 6.07 Å². The summed E-state index contributed by atoms with van der Waals surface area (Å²) in [5.41, 5.74) is 11.9. The highest BCUT2D eigenvalue weighted by atomic mass is 35.5.